The Labute approximate surface area is 123 Å². The lowest BCUT2D eigenvalue weighted by molar-refractivity contribution is 0.444. The molecule has 0 aliphatic rings. The van der Waals surface area contributed by atoms with Crippen LogP contribution in [0, 0.1) is 0 Å². The molecule has 2 aromatic carbocycles. The van der Waals surface area contributed by atoms with Gasteiger partial charge < -0.3 is 5.32 Å². The fraction of sp³-hybridized carbons (Fsp3) is 0.368. The highest BCUT2D eigenvalue weighted by molar-refractivity contribution is 5.16. The van der Waals surface area contributed by atoms with E-state index >= 15 is 0 Å². The molecule has 1 N–H and O–H groups in total. The largest absolute Gasteiger partial charge is 0.311 e. The van der Waals surface area contributed by atoms with Crippen molar-refractivity contribution in [2.45, 2.75) is 45.2 Å². The zero-order valence-electron chi connectivity index (χ0n) is 12.5. The van der Waals surface area contributed by atoms with Gasteiger partial charge >= 0.3 is 0 Å². The lowest BCUT2D eigenvalue weighted by atomic mass is 10.0. The first-order chi connectivity index (χ1) is 9.74. The van der Waals surface area contributed by atoms with E-state index in [4.69, 9.17) is 0 Å². The number of benzene rings is 2. The van der Waals surface area contributed by atoms with Crippen LogP contribution in [-0.2, 0) is 12.8 Å². The molecule has 106 valence electrons. The summed E-state index contributed by atoms with van der Waals surface area (Å²) in [5.74, 6) is 0. The zero-order chi connectivity index (χ0) is 14.2. The van der Waals surface area contributed by atoms with Gasteiger partial charge in [0, 0.05) is 12.1 Å². The SMILES string of the molecule is CC(CCc1ccccc1)NC(C)Cc1ccccc1. The first-order valence-electron chi connectivity index (χ1n) is 7.58. The lowest BCUT2D eigenvalue weighted by Gasteiger charge is -2.20. The molecule has 0 fully saturated rings. The molecule has 0 spiro atoms. The Balaban J connectivity index is 1.72. The van der Waals surface area contributed by atoms with Crippen LogP contribution in [0.15, 0.2) is 60.7 Å². The molecule has 0 saturated carbocycles. The quantitative estimate of drug-likeness (QED) is 0.791. The monoisotopic (exact) mass is 267 g/mol. The van der Waals surface area contributed by atoms with Crippen LogP contribution in [0.4, 0.5) is 0 Å². The molecule has 0 bridgehead atoms. The lowest BCUT2D eigenvalue weighted by Crippen LogP contribution is -2.36. The Morgan fingerprint density at radius 1 is 0.750 bits per heavy atom. The maximum atomic E-state index is 3.70. The number of aryl methyl sites for hydroxylation is 1. The number of nitrogens with one attached hydrogen (secondary N) is 1. The molecule has 2 unspecified atom stereocenters. The summed E-state index contributed by atoms with van der Waals surface area (Å²) in [4.78, 5) is 0. The second-order valence-corrected chi connectivity index (χ2v) is 5.68. The van der Waals surface area contributed by atoms with Crippen molar-refractivity contribution in [1.82, 2.24) is 5.32 Å². The van der Waals surface area contributed by atoms with E-state index in [-0.39, 0.29) is 0 Å². The van der Waals surface area contributed by atoms with Gasteiger partial charge in [0.25, 0.3) is 0 Å². The summed E-state index contributed by atoms with van der Waals surface area (Å²) >= 11 is 0. The first kappa shape index (κ1) is 14.8. The smallest absolute Gasteiger partial charge is 0.00816 e. The van der Waals surface area contributed by atoms with Crippen LogP contribution in [0.3, 0.4) is 0 Å². The van der Waals surface area contributed by atoms with Crippen molar-refractivity contribution >= 4 is 0 Å². The van der Waals surface area contributed by atoms with Gasteiger partial charge in [-0.05, 0) is 44.2 Å². The second-order valence-electron chi connectivity index (χ2n) is 5.68. The molecule has 0 saturated heterocycles. The van der Waals surface area contributed by atoms with Crippen LogP contribution in [0.2, 0.25) is 0 Å². The highest BCUT2D eigenvalue weighted by atomic mass is 14.9. The topological polar surface area (TPSA) is 12.0 Å². The molecule has 2 atom stereocenters. The zero-order valence-corrected chi connectivity index (χ0v) is 12.5. The number of rotatable bonds is 7. The van der Waals surface area contributed by atoms with Gasteiger partial charge in [-0.15, -0.1) is 0 Å². The van der Waals surface area contributed by atoms with Gasteiger partial charge in [-0.1, -0.05) is 60.7 Å². The van der Waals surface area contributed by atoms with Crippen LogP contribution in [0.5, 0.6) is 0 Å². The van der Waals surface area contributed by atoms with E-state index in [0.29, 0.717) is 12.1 Å². The van der Waals surface area contributed by atoms with Crippen LogP contribution < -0.4 is 5.32 Å². The second kappa shape index (κ2) is 7.86. The third kappa shape index (κ3) is 5.18. The highest BCUT2D eigenvalue weighted by Crippen LogP contribution is 2.07. The molecule has 0 aromatic heterocycles. The van der Waals surface area contributed by atoms with Gasteiger partial charge in [-0.3, -0.25) is 0 Å². The van der Waals surface area contributed by atoms with E-state index in [0.717, 1.165) is 12.8 Å². The predicted molar refractivity (Wildman–Crippen MR) is 87.0 cm³/mol. The van der Waals surface area contributed by atoms with E-state index in [2.05, 4.69) is 79.8 Å². The normalized spacial score (nSPS) is 13.9. The average Bonchev–Trinajstić information content (AvgIpc) is 2.47. The molecule has 1 heteroatoms. The summed E-state index contributed by atoms with van der Waals surface area (Å²) in [6.45, 7) is 4.55. The van der Waals surface area contributed by atoms with Gasteiger partial charge in [0.2, 0.25) is 0 Å². The summed E-state index contributed by atoms with van der Waals surface area (Å²) in [5, 5.41) is 3.70. The standard InChI is InChI=1S/C19H25N/c1-16(13-14-18-9-5-3-6-10-18)20-17(2)15-19-11-7-4-8-12-19/h3-12,16-17,20H,13-15H2,1-2H3. The fourth-order valence-corrected chi connectivity index (χ4v) is 2.62. The number of hydrogen-bond acceptors (Lipinski definition) is 1. The Hall–Kier alpha value is -1.60. The molecule has 0 aliphatic carbocycles. The summed E-state index contributed by atoms with van der Waals surface area (Å²) in [5.41, 5.74) is 2.83. The van der Waals surface area contributed by atoms with Crippen molar-refractivity contribution in [2.75, 3.05) is 0 Å². The van der Waals surface area contributed by atoms with Crippen LogP contribution in [-0.4, -0.2) is 12.1 Å². The predicted octanol–water partition coefficient (Wildman–Crippen LogP) is 4.23. The van der Waals surface area contributed by atoms with Gasteiger partial charge in [-0.25, -0.2) is 0 Å². The van der Waals surface area contributed by atoms with Crippen molar-refractivity contribution < 1.29 is 0 Å². The van der Waals surface area contributed by atoms with E-state index in [9.17, 15) is 0 Å². The molecule has 0 amide bonds. The Morgan fingerprint density at radius 2 is 1.30 bits per heavy atom. The molecule has 0 radical (unpaired) electrons. The van der Waals surface area contributed by atoms with E-state index in [1.807, 2.05) is 0 Å². The Morgan fingerprint density at radius 3 is 1.90 bits per heavy atom. The van der Waals surface area contributed by atoms with E-state index in [1.54, 1.807) is 0 Å². The first-order valence-corrected chi connectivity index (χ1v) is 7.58. The van der Waals surface area contributed by atoms with Crippen molar-refractivity contribution in [3.63, 3.8) is 0 Å². The molecule has 1 nitrogen and oxygen atoms in total. The minimum atomic E-state index is 0.517. The summed E-state index contributed by atoms with van der Waals surface area (Å²) in [6.07, 6.45) is 3.42. The third-order valence-electron chi connectivity index (χ3n) is 3.66. The van der Waals surface area contributed by atoms with Crippen molar-refractivity contribution in [1.29, 1.82) is 0 Å². The maximum absolute atomic E-state index is 3.70. The van der Waals surface area contributed by atoms with Gasteiger partial charge in [0.15, 0.2) is 0 Å². The van der Waals surface area contributed by atoms with Crippen LogP contribution in [0.25, 0.3) is 0 Å². The van der Waals surface area contributed by atoms with Gasteiger partial charge in [0.1, 0.15) is 0 Å². The van der Waals surface area contributed by atoms with Crippen molar-refractivity contribution in [3.05, 3.63) is 71.8 Å². The molecule has 20 heavy (non-hydrogen) atoms. The van der Waals surface area contributed by atoms with Gasteiger partial charge in [0.05, 0.1) is 0 Å². The van der Waals surface area contributed by atoms with Gasteiger partial charge in [-0.2, -0.15) is 0 Å². The van der Waals surface area contributed by atoms with E-state index < -0.39 is 0 Å². The van der Waals surface area contributed by atoms with Crippen molar-refractivity contribution in [2.24, 2.45) is 0 Å². The molecule has 0 aliphatic heterocycles. The molecule has 2 aromatic rings. The molecule has 0 heterocycles. The summed E-state index contributed by atoms with van der Waals surface area (Å²) < 4.78 is 0. The van der Waals surface area contributed by atoms with Crippen LogP contribution >= 0.6 is 0 Å². The Bertz CT molecular complexity index is 478. The third-order valence-corrected chi connectivity index (χ3v) is 3.66. The molecular weight excluding hydrogens is 242 g/mol. The number of hydrogen-bond donors (Lipinski definition) is 1. The minimum Gasteiger partial charge on any atom is -0.311 e. The maximum Gasteiger partial charge on any atom is 0.00816 e. The fourth-order valence-electron chi connectivity index (χ4n) is 2.62. The van der Waals surface area contributed by atoms with E-state index in [1.165, 1.54) is 17.5 Å². The minimum absolute atomic E-state index is 0.517. The highest BCUT2D eigenvalue weighted by Gasteiger charge is 2.08. The molecule has 2 rings (SSSR count). The summed E-state index contributed by atoms with van der Waals surface area (Å²) in [6, 6.07) is 22.5. The van der Waals surface area contributed by atoms with Crippen LogP contribution in [0.1, 0.15) is 31.4 Å². The Kier molecular flexibility index (Phi) is 5.82. The van der Waals surface area contributed by atoms with Crippen molar-refractivity contribution in [3.8, 4) is 0 Å². The summed E-state index contributed by atoms with van der Waals surface area (Å²) in [7, 11) is 0. The average molecular weight is 267 g/mol. The molecular formula is C19H25N.